The number of carbonyl (C=O) groups excluding carboxylic acids is 1. The summed E-state index contributed by atoms with van der Waals surface area (Å²) in [5.41, 5.74) is 0.715. The van der Waals surface area contributed by atoms with Crippen LogP contribution in [0.15, 0.2) is 43.0 Å². The number of carbonyl (C=O) groups is 1. The Morgan fingerprint density at radius 1 is 1.42 bits per heavy atom. The van der Waals surface area contributed by atoms with E-state index in [9.17, 15) is 9.90 Å². The number of hydrogen-bond donors (Lipinski definition) is 2. The summed E-state index contributed by atoms with van der Waals surface area (Å²) in [5.74, 6) is -0.175. The number of aromatic nitrogens is 2. The molecule has 0 aliphatic carbocycles. The highest BCUT2D eigenvalue weighted by Gasteiger charge is 2.09. The van der Waals surface area contributed by atoms with Crippen LogP contribution in [0.1, 0.15) is 11.7 Å². The summed E-state index contributed by atoms with van der Waals surface area (Å²) in [5, 5.41) is 13.2. The molecular weight excluding hydrogens is 266 g/mol. The fourth-order valence-electron chi connectivity index (χ4n) is 1.62. The van der Waals surface area contributed by atoms with Crippen LogP contribution in [0.3, 0.4) is 0 Å². The molecule has 6 heteroatoms. The summed E-state index contributed by atoms with van der Waals surface area (Å²) in [4.78, 5) is 15.5. The molecule has 1 aromatic heterocycles. The van der Waals surface area contributed by atoms with E-state index in [-0.39, 0.29) is 19.0 Å². The van der Waals surface area contributed by atoms with Crippen molar-refractivity contribution in [2.24, 2.45) is 0 Å². The molecule has 0 spiro atoms. The van der Waals surface area contributed by atoms with Gasteiger partial charge in [0.15, 0.2) is 0 Å². The van der Waals surface area contributed by atoms with E-state index in [2.05, 4.69) is 10.3 Å². The Hall–Kier alpha value is -1.85. The van der Waals surface area contributed by atoms with E-state index in [1.165, 1.54) is 0 Å². The Bertz CT molecular complexity index is 525. The topological polar surface area (TPSA) is 67.2 Å². The van der Waals surface area contributed by atoms with E-state index >= 15 is 0 Å². The average molecular weight is 280 g/mol. The maximum absolute atomic E-state index is 11.6. The fourth-order valence-corrected chi connectivity index (χ4v) is 1.74. The number of rotatable bonds is 5. The van der Waals surface area contributed by atoms with Crippen molar-refractivity contribution in [3.05, 3.63) is 53.6 Å². The lowest BCUT2D eigenvalue weighted by Gasteiger charge is -2.12. The minimum Gasteiger partial charge on any atom is -0.387 e. The van der Waals surface area contributed by atoms with Gasteiger partial charge in [0.05, 0.1) is 12.4 Å². The molecule has 1 heterocycles. The Kier molecular flexibility index (Phi) is 4.54. The lowest BCUT2D eigenvalue weighted by Crippen LogP contribution is -2.31. The standard InChI is InChI=1S/C13H14ClN3O2/c14-11-3-1-10(2-4-11)12(18)7-16-13(19)8-17-6-5-15-9-17/h1-6,9,12,18H,7-8H2,(H,16,19). The SMILES string of the molecule is O=C(Cn1ccnc1)NCC(O)c1ccc(Cl)cc1. The van der Waals surface area contributed by atoms with Gasteiger partial charge in [0, 0.05) is 24.0 Å². The van der Waals surface area contributed by atoms with Crippen LogP contribution in [0.5, 0.6) is 0 Å². The minimum absolute atomic E-state index is 0.162. The third-order valence-corrected chi connectivity index (χ3v) is 2.88. The quantitative estimate of drug-likeness (QED) is 0.869. The van der Waals surface area contributed by atoms with Crippen molar-refractivity contribution in [3.8, 4) is 0 Å². The predicted molar refractivity (Wildman–Crippen MR) is 71.6 cm³/mol. The van der Waals surface area contributed by atoms with Crippen molar-refractivity contribution in [3.63, 3.8) is 0 Å². The van der Waals surface area contributed by atoms with Crippen LogP contribution >= 0.6 is 11.6 Å². The number of benzene rings is 1. The number of amides is 1. The van der Waals surface area contributed by atoms with E-state index < -0.39 is 6.10 Å². The second kappa shape index (κ2) is 6.36. The first kappa shape index (κ1) is 13.6. The highest BCUT2D eigenvalue weighted by Crippen LogP contribution is 2.15. The molecule has 2 aromatic rings. The number of halogens is 1. The van der Waals surface area contributed by atoms with Crippen LogP contribution in [0.2, 0.25) is 5.02 Å². The van der Waals surface area contributed by atoms with Crippen LogP contribution in [-0.2, 0) is 11.3 Å². The van der Waals surface area contributed by atoms with Gasteiger partial charge in [-0.05, 0) is 17.7 Å². The lowest BCUT2D eigenvalue weighted by atomic mass is 10.1. The van der Waals surface area contributed by atoms with Gasteiger partial charge in [0.25, 0.3) is 0 Å². The second-order valence-corrected chi connectivity index (χ2v) is 4.54. The Labute approximate surface area is 115 Å². The molecule has 0 aliphatic heterocycles. The zero-order valence-corrected chi connectivity index (χ0v) is 10.9. The Balaban J connectivity index is 1.81. The Morgan fingerprint density at radius 2 is 2.16 bits per heavy atom. The van der Waals surface area contributed by atoms with Gasteiger partial charge < -0.3 is 15.0 Å². The first-order valence-electron chi connectivity index (χ1n) is 5.81. The van der Waals surface area contributed by atoms with E-state index in [0.717, 1.165) is 0 Å². The van der Waals surface area contributed by atoms with Crippen molar-refractivity contribution in [1.82, 2.24) is 14.9 Å². The number of nitrogens with one attached hydrogen (secondary N) is 1. The molecule has 0 radical (unpaired) electrons. The Morgan fingerprint density at radius 3 is 2.79 bits per heavy atom. The second-order valence-electron chi connectivity index (χ2n) is 4.11. The van der Waals surface area contributed by atoms with Crippen molar-refractivity contribution in [2.45, 2.75) is 12.6 Å². The number of hydrogen-bond acceptors (Lipinski definition) is 3. The van der Waals surface area contributed by atoms with Gasteiger partial charge in [-0.3, -0.25) is 4.79 Å². The van der Waals surface area contributed by atoms with Gasteiger partial charge in [-0.1, -0.05) is 23.7 Å². The highest BCUT2D eigenvalue weighted by molar-refractivity contribution is 6.30. The molecule has 1 amide bonds. The van der Waals surface area contributed by atoms with Crippen molar-refractivity contribution in [1.29, 1.82) is 0 Å². The van der Waals surface area contributed by atoms with Gasteiger partial charge in [0.2, 0.25) is 5.91 Å². The largest absolute Gasteiger partial charge is 0.387 e. The number of aliphatic hydroxyl groups is 1. The molecule has 100 valence electrons. The first-order chi connectivity index (χ1) is 9.15. The molecule has 5 nitrogen and oxygen atoms in total. The van der Waals surface area contributed by atoms with Gasteiger partial charge >= 0.3 is 0 Å². The zero-order valence-electron chi connectivity index (χ0n) is 10.2. The molecular formula is C13H14ClN3O2. The molecule has 19 heavy (non-hydrogen) atoms. The molecule has 2 N–H and O–H groups in total. The van der Waals surface area contributed by atoms with Gasteiger partial charge in [-0.25, -0.2) is 4.98 Å². The third kappa shape index (κ3) is 4.08. The minimum atomic E-state index is -0.746. The molecule has 2 rings (SSSR count). The molecule has 0 saturated carbocycles. The maximum atomic E-state index is 11.6. The highest BCUT2D eigenvalue weighted by atomic mass is 35.5. The summed E-state index contributed by atoms with van der Waals surface area (Å²) < 4.78 is 1.66. The molecule has 0 fully saturated rings. The van der Waals surface area contributed by atoms with E-state index in [4.69, 9.17) is 11.6 Å². The van der Waals surface area contributed by atoms with Gasteiger partial charge in [0.1, 0.15) is 6.54 Å². The normalized spacial score (nSPS) is 12.1. The number of nitrogens with zero attached hydrogens (tertiary/aromatic N) is 2. The van der Waals surface area contributed by atoms with Crippen molar-refractivity contribution in [2.75, 3.05) is 6.54 Å². The molecule has 1 aromatic carbocycles. The third-order valence-electron chi connectivity index (χ3n) is 2.63. The number of imidazole rings is 1. The van der Waals surface area contributed by atoms with Gasteiger partial charge in [-0.2, -0.15) is 0 Å². The van der Waals surface area contributed by atoms with Crippen molar-refractivity contribution >= 4 is 17.5 Å². The fraction of sp³-hybridized carbons (Fsp3) is 0.231. The van der Waals surface area contributed by atoms with Crippen LogP contribution in [0.4, 0.5) is 0 Å². The monoisotopic (exact) mass is 279 g/mol. The summed E-state index contributed by atoms with van der Waals surface area (Å²) in [6, 6.07) is 6.87. The molecule has 0 aliphatic rings. The van der Waals surface area contributed by atoms with Crippen LogP contribution in [0, 0.1) is 0 Å². The maximum Gasteiger partial charge on any atom is 0.240 e. The zero-order chi connectivity index (χ0) is 13.7. The molecule has 1 unspecified atom stereocenters. The first-order valence-corrected chi connectivity index (χ1v) is 6.19. The van der Waals surface area contributed by atoms with Crippen LogP contribution < -0.4 is 5.32 Å². The van der Waals surface area contributed by atoms with Crippen LogP contribution in [0.25, 0.3) is 0 Å². The lowest BCUT2D eigenvalue weighted by molar-refractivity contribution is -0.122. The van der Waals surface area contributed by atoms with Crippen LogP contribution in [-0.4, -0.2) is 27.1 Å². The summed E-state index contributed by atoms with van der Waals surface area (Å²) in [6.07, 6.45) is 4.13. The molecule has 0 saturated heterocycles. The van der Waals surface area contributed by atoms with E-state index in [0.29, 0.717) is 10.6 Å². The summed E-state index contributed by atoms with van der Waals surface area (Å²) in [7, 11) is 0. The van der Waals surface area contributed by atoms with E-state index in [1.54, 1.807) is 47.6 Å². The average Bonchev–Trinajstić information content (AvgIpc) is 2.89. The number of aliphatic hydroxyl groups excluding tert-OH is 1. The van der Waals surface area contributed by atoms with Gasteiger partial charge in [-0.15, -0.1) is 0 Å². The summed E-state index contributed by atoms with van der Waals surface area (Å²) in [6.45, 7) is 0.350. The molecule has 0 bridgehead atoms. The smallest absolute Gasteiger partial charge is 0.240 e. The predicted octanol–water partition coefficient (Wildman–Crippen LogP) is 1.39. The van der Waals surface area contributed by atoms with Crippen molar-refractivity contribution < 1.29 is 9.90 Å². The van der Waals surface area contributed by atoms with E-state index in [1.807, 2.05) is 0 Å². The summed E-state index contributed by atoms with van der Waals surface area (Å²) >= 11 is 5.76. The molecule has 1 atom stereocenters.